The Morgan fingerprint density at radius 3 is 2.75 bits per heavy atom. The number of halogens is 1. The maximum Gasteiger partial charge on any atom is 0.337 e. The summed E-state index contributed by atoms with van der Waals surface area (Å²) in [5.41, 5.74) is 0.244. The molecule has 1 aromatic carbocycles. The van der Waals surface area contributed by atoms with Gasteiger partial charge in [-0.2, -0.15) is 0 Å². The van der Waals surface area contributed by atoms with Crippen LogP contribution in [0.25, 0.3) is 0 Å². The smallest absolute Gasteiger partial charge is 0.337 e. The zero-order valence-electron chi connectivity index (χ0n) is 10.9. The van der Waals surface area contributed by atoms with Crippen molar-refractivity contribution in [2.75, 3.05) is 5.32 Å². The van der Waals surface area contributed by atoms with E-state index in [1.807, 2.05) is 6.92 Å². The molecule has 5 nitrogen and oxygen atoms in total. The van der Waals surface area contributed by atoms with Gasteiger partial charge in [0.05, 0.1) is 11.3 Å². The van der Waals surface area contributed by atoms with Gasteiger partial charge in [-0.25, -0.2) is 9.59 Å². The standard InChI is InChI=1S/C14H15BrN2O3/c1-3-5-10(4-2)16-14(20)17-12-7-6-9(15)8-11(12)13(18)19/h1,6-8,10H,4-5H2,2H3,(H,18,19)(H2,16,17,20). The Kier molecular flexibility index (Phi) is 6.07. The fourth-order valence-electron chi connectivity index (χ4n) is 1.59. The number of carbonyl (C=O) groups is 2. The molecule has 0 aliphatic heterocycles. The molecule has 6 heteroatoms. The number of terminal acetylenes is 1. The summed E-state index contributed by atoms with van der Waals surface area (Å²) < 4.78 is 0.625. The van der Waals surface area contributed by atoms with Crippen molar-refractivity contribution in [3.63, 3.8) is 0 Å². The number of carbonyl (C=O) groups excluding carboxylic acids is 1. The van der Waals surface area contributed by atoms with Crippen molar-refractivity contribution in [2.45, 2.75) is 25.8 Å². The van der Waals surface area contributed by atoms with Crippen LogP contribution < -0.4 is 10.6 Å². The number of hydrogen-bond donors (Lipinski definition) is 3. The van der Waals surface area contributed by atoms with Gasteiger partial charge in [-0.1, -0.05) is 22.9 Å². The van der Waals surface area contributed by atoms with Crippen LogP contribution in [0, 0.1) is 12.3 Å². The van der Waals surface area contributed by atoms with E-state index in [1.54, 1.807) is 6.07 Å². The SMILES string of the molecule is C#CCC(CC)NC(=O)Nc1ccc(Br)cc1C(=O)O. The van der Waals surface area contributed by atoms with Gasteiger partial charge >= 0.3 is 12.0 Å². The number of carboxylic acid groups (broad SMARTS) is 1. The van der Waals surface area contributed by atoms with E-state index in [2.05, 4.69) is 32.5 Å². The number of anilines is 1. The van der Waals surface area contributed by atoms with Crippen LogP contribution in [0.4, 0.5) is 10.5 Å². The van der Waals surface area contributed by atoms with Crippen LogP contribution in [0.5, 0.6) is 0 Å². The summed E-state index contributed by atoms with van der Waals surface area (Å²) in [6.07, 6.45) is 6.33. The van der Waals surface area contributed by atoms with E-state index in [4.69, 9.17) is 11.5 Å². The number of aromatic carboxylic acids is 1. The van der Waals surface area contributed by atoms with Gasteiger partial charge in [-0.05, 0) is 24.6 Å². The van der Waals surface area contributed by atoms with Gasteiger partial charge in [0.25, 0.3) is 0 Å². The Bertz CT molecular complexity index is 552. The van der Waals surface area contributed by atoms with Gasteiger partial charge in [0.1, 0.15) is 0 Å². The fourth-order valence-corrected chi connectivity index (χ4v) is 1.95. The topological polar surface area (TPSA) is 78.4 Å². The van der Waals surface area contributed by atoms with Gasteiger partial charge in [0, 0.05) is 16.9 Å². The molecule has 0 fully saturated rings. The van der Waals surface area contributed by atoms with Gasteiger partial charge < -0.3 is 15.7 Å². The predicted octanol–water partition coefficient (Wildman–Crippen LogP) is 3.07. The average molecular weight is 339 g/mol. The molecular formula is C14H15BrN2O3. The molecule has 0 spiro atoms. The molecule has 0 bridgehead atoms. The summed E-state index contributed by atoms with van der Waals surface area (Å²) in [4.78, 5) is 22.9. The number of amides is 2. The molecule has 106 valence electrons. The first-order valence-electron chi connectivity index (χ1n) is 6.01. The molecule has 0 aliphatic carbocycles. The summed E-state index contributed by atoms with van der Waals surface area (Å²) in [6, 6.07) is 3.99. The predicted molar refractivity (Wildman–Crippen MR) is 80.8 cm³/mol. The molecule has 1 rings (SSSR count). The first kappa shape index (κ1) is 16.1. The van der Waals surface area contributed by atoms with Crippen LogP contribution in [0.3, 0.4) is 0 Å². The van der Waals surface area contributed by atoms with Gasteiger partial charge in [0.15, 0.2) is 0 Å². The van der Waals surface area contributed by atoms with Crippen molar-refractivity contribution in [1.82, 2.24) is 5.32 Å². The fraction of sp³-hybridized carbons (Fsp3) is 0.286. The highest BCUT2D eigenvalue weighted by Crippen LogP contribution is 2.21. The summed E-state index contributed by atoms with van der Waals surface area (Å²) >= 11 is 3.19. The second kappa shape index (κ2) is 7.56. The van der Waals surface area contributed by atoms with Crippen molar-refractivity contribution in [3.05, 3.63) is 28.2 Å². The quantitative estimate of drug-likeness (QED) is 0.722. The maximum absolute atomic E-state index is 11.8. The summed E-state index contributed by atoms with van der Waals surface area (Å²) in [7, 11) is 0. The number of carboxylic acids is 1. The molecule has 0 saturated carbocycles. The van der Waals surface area contributed by atoms with Crippen LogP contribution in [0.2, 0.25) is 0 Å². The van der Waals surface area contributed by atoms with Crippen molar-refractivity contribution in [1.29, 1.82) is 0 Å². The number of hydrogen-bond acceptors (Lipinski definition) is 2. The Hall–Kier alpha value is -2.00. The first-order chi connectivity index (χ1) is 9.47. The van der Waals surface area contributed by atoms with E-state index in [1.165, 1.54) is 12.1 Å². The first-order valence-corrected chi connectivity index (χ1v) is 6.81. The molecule has 1 unspecified atom stereocenters. The summed E-state index contributed by atoms with van der Waals surface area (Å²) in [5, 5.41) is 14.3. The Balaban J connectivity index is 2.81. The summed E-state index contributed by atoms with van der Waals surface area (Å²) in [5.74, 6) is 1.37. The average Bonchev–Trinajstić information content (AvgIpc) is 2.40. The van der Waals surface area contributed by atoms with Crippen molar-refractivity contribution in [2.24, 2.45) is 0 Å². The van der Waals surface area contributed by atoms with E-state index >= 15 is 0 Å². The highest BCUT2D eigenvalue weighted by molar-refractivity contribution is 9.10. The molecule has 0 saturated heterocycles. The third-order valence-electron chi connectivity index (χ3n) is 2.65. The number of nitrogens with one attached hydrogen (secondary N) is 2. The second-order valence-electron chi connectivity index (χ2n) is 4.11. The van der Waals surface area contributed by atoms with E-state index in [-0.39, 0.29) is 17.3 Å². The van der Waals surface area contributed by atoms with Gasteiger partial charge in [-0.3, -0.25) is 0 Å². The normalized spacial score (nSPS) is 11.2. The van der Waals surface area contributed by atoms with Crippen molar-refractivity contribution in [3.8, 4) is 12.3 Å². The van der Waals surface area contributed by atoms with Gasteiger partial charge in [-0.15, -0.1) is 12.3 Å². The molecular weight excluding hydrogens is 324 g/mol. The van der Waals surface area contributed by atoms with Gasteiger partial charge in [0.2, 0.25) is 0 Å². The minimum absolute atomic E-state index is 0.0134. The van der Waals surface area contributed by atoms with E-state index in [0.29, 0.717) is 17.3 Å². The second-order valence-corrected chi connectivity index (χ2v) is 5.02. The summed E-state index contributed by atoms with van der Waals surface area (Å²) in [6.45, 7) is 1.91. The maximum atomic E-state index is 11.8. The highest BCUT2D eigenvalue weighted by atomic mass is 79.9. The van der Waals surface area contributed by atoms with Crippen LogP contribution in [-0.4, -0.2) is 23.1 Å². The monoisotopic (exact) mass is 338 g/mol. The van der Waals surface area contributed by atoms with Crippen molar-refractivity contribution >= 4 is 33.6 Å². The van der Waals surface area contributed by atoms with E-state index in [0.717, 1.165) is 0 Å². The zero-order chi connectivity index (χ0) is 15.1. The lowest BCUT2D eigenvalue weighted by Crippen LogP contribution is -2.37. The largest absolute Gasteiger partial charge is 0.478 e. The molecule has 2 amide bonds. The number of benzene rings is 1. The van der Waals surface area contributed by atoms with Crippen LogP contribution in [0.1, 0.15) is 30.1 Å². The molecule has 3 N–H and O–H groups in total. The molecule has 0 heterocycles. The van der Waals surface area contributed by atoms with Crippen molar-refractivity contribution < 1.29 is 14.7 Å². The van der Waals surface area contributed by atoms with Crippen LogP contribution in [-0.2, 0) is 0 Å². The van der Waals surface area contributed by atoms with Crippen LogP contribution >= 0.6 is 15.9 Å². The minimum atomic E-state index is -1.11. The zero-order valence-corrected chi connectivity index (χ0v) is 12.5. The molecule has 1 atom stereocenters. The van der Waals surface area contributed by atoms with E-state index in [9.17, 15) is 9.59 Å². The minimum Gasteiger partial charge on any atom is -0.478 e. The molecule has 0 aliphatic rings. The number of urea groups is 1. The Morgan fingerprint density at radius 2 is 2.20 bits per heavy atom. The number of rotatable bonds is 5. The third kappa shape index (κ3) is 4.59. The molecule has 20 heavy (non-hydrogen) atoms. The molecule has 0 radical (unpaired) electrons. The Labute approximate surface area is 125 Å². The molecule has 0 aromatic heterocycles. The lowest BCUT2D eigenvalue weighted by atomic mass is 10.1. The lowest BCUT2D eigenvalue weighted by molar-refractivity contribution is 0.0698. The lowest BCUT2D eigenvalue weighted by Gasteiger charge is -2.15. The Morgan fingerprint density at radius 1 is 1.50 bits per heavy atom. The highest BCUT2D eigenvalue weighted by Gasteiger charge is 2.14. The third-order valence-corrected chi connectivity index (χ3v) is 3.15. The van der Waals surface area contributed by atoms with Crippen LogP contribution in [0.15, 0.2) is 22.7 Å². The van der Waals surface area contributed by atoms with E-state index < -0.39 is 12.0 Å². The molecule has 1 aromatic rings.